The summed E-state index contributed by atoms with van der Waals surface area (Å²) in [4.78, 5) is 27.8. The van der Waals surface area contributed by atoms with Gasteiger partial charge in [0.2, 0.25) is 0 Å². The fourth-order valence-corrected chi connectivity index (χ4v) is 4.94. The van der Waals surface area contributed by atoms with Crippen molar-refractivity contribution in [3.05, 3.63) is 27.7 Å². The van der Waals surface area contributed by atoms with E-state index in [4.69, 9.17) is 15.5 Å². The molecule has 0 saturated carbocycles. The van der Waals surface area contributed by atoms with Gasteiger partial charge in [-0.05, 0) is 25.8 Å². The van der Waals surface area contributed by atoms with Gasteiger partial charge in [0.1, 0.15) is 0 Å². The zero-order valence-corrected chi connectivity index (χ0v) is 17.7. The summed E-state index contributed by atoms with van der Waals surface area (Å²) in [7, 11) is 1.39. The second-order valence-electron chi connectivity index (χ2n) is 6.64. The Morgan fingerprint density at radius 2 is 2.32 bits per heavy atom. The van der Waals surface area contributed by atoms with E-state index in [9.17, 15) is 9.59 Å². The van der Waals surface area contributed by atoms with Crippen LogP contribution < -0.4 is 5.73 Å². The van der Waals surface area contributed by atoms with Gasteiger partial charge in [-0.1, -0.05) is 0 Å². The monoisotopic (exact) mass is 423 g/mol. The number of rotatable bonds is 9. The van der Waals surface area contributed by atoms with Gasteiger partial charge in [0, 0.05) is 36.4 Å². The first-order valence-corrected chi connectivity index (χ1v) is 11.2. The maximum atomic E-state index is 11.8. The highest BCUT2D eigenvalue weighted by molar-refractivity contribution is 7.99. The van der Waals surface area contributed by atoms with Crippen molar-refractivity contribution in [1.29, 1.82) is 0 Å². The molecule has 2 aromatic heterocycles. The summed E-state index contributed by atoms with van der Waals surface area (Å²) in [5.74, 6) is 0.496. The lowest BCUT2D eigenvalue weighted by Gasteiger charge is -2.15. The summed E-state index contributed by atoms with van der Waals surface area (Å²) in [6.45, 7) is 3.39. The molecule has 0 aromatic carbocycles. The van der Waals surface area contributed by atoms with Crippen LogP contribution in [0, 0.1) is 6.92 Å². The first kappa shape index (κ1) is 20.9. The van der Waals surface area contributed by atoms with Gasteiger partial charge in [-0.3, -0.25) is 9.59 Å². The van der Waals surface area contributed by atoms with E-state index in [0.717, 1.165) is 53.7 Å². The zero-order valence-electron chi connectivity index (χ0n) is 16.1. The van der Waals surface area contributed by atoms with E-state index >= 15 is 0 Å². The molecule has 1 aliphatic heterocycles. The first-order chi connectivity index (χ1) is 13.5. The van der Waals surface area contributed by atoms with E-state index in [0.29, 0.717) is 17.9 Å². The van der Waals surface area contributed by atoms with Gasteiger partial charge in [0.15, 0.2) is 0 Å². The molecule has 1 atom stereocenters. The van der Waals surface area contributed by atoms with E-state index in [-0.39, 0.29) is 12.1 Å². The number of primary amides is 1. The lowest BCUT2D eigenvalue weighted by atomic mass is 10.2. The summed E-state index contributed by atoms with van der Waals surface area (Å²) in [5, 5.41) is 3.00. The van der Waals surface area contributed by atoms with Gasteiger partial charge < -0.3 is 19.8 Å². The highest BCUT2D eigenvalue weighted by Gasteiger charge is 2.23. The third-order valence-corrected chi connectivity index (χ3v) is 6.61. The van der Waals surface area contributed by atoms with E-state index in [2.05, 4.69) is 9.30 Å². The van der Waals surface area contributed by atoms with Crippen LogP contribution in [0.4, 0.5) is 0 Å². The van der Waals surface area contributed by atoms with Crippen LogP contribution in [0.3, 0.4) is 0 Å². The lowest BCUT2D eigenvalue weighted by molar-refractivity contribution is -0.137. The number of aryl methyl sites for hydroxylation is 1. The Morgan fingerprint density at radius 1 is 1.50 bits per heavy atom. The van der Waals surface area contributed by atoms with E-state index in [1.54, 1.807) is 11.3 Å². The quantitative estimate of drug-likeness (QED) is 0.492. The van der Waals surface area contributed by atoms with Crippen LogP contribution in [-0.2, 0) is 27.2 Å². The van der Waals surface area contributed by atoms with Gasteiger partial charge in [0.05, 0.1) is 40.9 Å². The third-order valence-electron chi connectivity index (χ3n) is 4.76. The Morgan fingerprint density at radius 3 is 3.00 bits per heavy atom. The predicted molar refractivity (Wildman–Crippen MR) is 111 cm³/mol. The number of thiazole rings is 1. The van der Waals surface area contributed by atoms with Gasteiger partial charge in [-0.25, -0.2) is 4.98 Å². The normalized spacial score (nSPS) is 16.4. The van der Waals surface area contributed by atoms with E-state index in [1.807, 2.05) is 18.4 Å². The minimum atomic E-state index is -0.431. The Kier molecular flexibility index (Phi) is 7.14. The number of nitrogens with zero attached hydrogens (tertiary/aromatic N) is 2. The average molecular weight is 424 g/mol. The van der Waals surface area contributed by atoms with Gasteiger partial charge >= 0.3 is 5.97 Å². The topological polar surface area (TPSA) is 96.4 Å². The number of hydrogen-bond donors (Lipinski definition) is 1. The molecular formula is C19H25N3O4S2. The molecule has 3 rings (SSSR count). The summed E-state index contributed by atoms with van der Waals surface area (Å²) in [6.07, 6.45) is 3.01. The molecule has 1 fully saturated rings. The number of nitrogens with two attached hydrogens (primary N) is 1. The molecule has 0 spiro atoms. The molecule has 0 aliphatic carbocycles. The molecule has 2 N–H and O–H groups in total. The minimum absolute atomic E-state index is 0.151. The molecule has 0 radical (unpaired) electrons. The summed E-state index contributed by atoms with van der Waals surface area (Å²) in [5.41, 5.74) is 8.67. The predicted octanol–water partition coefficient (Wildman–Crippen LogP) is 2.65. The molecule has 9 heteroatoms. The van der Waals surface area contributed by atoms with Crippen LogP contribution >= 0.6 is 23.1 Å². The molecule has 7 nitrogen and oxygen atoms in total. The molecule has 2 aromatic rings. The van der Waals surface area contributed by atoms with Crippen molar-refractivity contribution in [2.45, 2.75) is 38.8 Å². The molecule has 0 bridgehead atoms. The summed E-state index contributed by atoms with van der Waals surface area (Å²) >= 11 is 3.11. The number of thioether (sulfide) groups is 1. The molecule has 3 heterocycles. The molecule has 152 valence electrons. The summed E-state index contributed by atoms with van der Waals surface area (Å²) < 4.78 is 12.5. The zero-order chi connectivity index (χ0) is 20.1. The summed E-state index contributed by atoms with van der Waals surface area (Å²) in [6, 6.07) is 1.83. The third kappa shape index (κ3) is 4.95. The number of carbonyl (C=O) groups is 2. The SMILES string of the molecule is COC(=O)CSCCc1nc(-c2cc(C(N)=O)c(C)n2CC2CCCO2)cs1. The van der Waals surface area contributed by atoms with Crippen molar-refractivity contribution in [1.82, 2.24) is 9.55 Å². The number of esters is 1. The molecule has 1 aliphatic rings. The highest BCUT2D eigenvalue weighted by Crippen LogP contribution is 2.29. The molecule has 1 amide bonds. The second-order valence-corrected chi connectivity index (χ2v) is 8.69. The van der Waals surface area contributed by atoms with Crippen molar-refractivity contribution in [2.75, 3.05) is 25.2 Å². The molecule has 1 saturated heterocycles. The Labute approximate surface area is 172 Å². The first-order valence-electron chi connectivity index (χ1n) is 9.20. The number of methoxy groups -OCH3 is 1. The Bertz CT molecular complexity index is 840. The Hall–Kier alpha value is -1.84. The molecule has 1 unspecified atom stereocenters. The highest BCUT2D eigenvalue weighted by atomic mass is 32.2. The lowest BCUT2D eigenvalue weighted by Crippen LogP contribution is -2.18. The molecular weight excluding hydrogens is 398 g/mol. The number of carbonyl (C=O) groups excluding carboxylic acids is 2. The Balaban J connectivity index is 1.75. The van der Waals surface area contributed by atoms with Crippen molar-refractivity contribution in [3.63, 3.8) is 0 Å². The van der Waals surface area contributed by atoms with Crippen LogP contribution in [0.1, 0.15) is 33.9 Å². The fraction of sp³-hybridized carbons (Fsp3) is 0.526. The van der Waals surface area contributed by atoms with Crippen molar-refractivity contribution >= 4 is 35.0 Å². The van der Waals surface area contributed by atoms with Crippen molar-refractivity contribution < 1.29 is 19.1 Å². The largest absolute Gasteiger partial charge is 0.468 e. The van der Waals surface area contributed by atoms with Gasteiger partial charge in [0.25, 0.3) is 5.91 Å². The smallest absolute Gasteiger partial charge is 0.315 e. The van der Waals surface area contributed by atoms with Crippen LogP contribution in [-0.4, -0.2) is 52.8 Å². The standard InChI is InChI=1S/C19H25N3O4S2/c1-12-14(19(20)24)8-16(22(12)9-13-4-3-6-26-13)15-10-28-17(21-15)5-7-27-11-18(23)25-2/h8,10,13H,3-7,9,11H2,1-2H3,(H2,20,24). The van der Waals surface area contributed by atoms with Gasteiger partial charge in [-0.2, -0.15) is 0 Å². The van der Waals surface area contributed by atoms with Crippen LogP contribution in [0.15, 0.2) is 11.4 Å². The number of hydrogen-bond acceptors (Lipinski definition) is 7. The number of aromatic nitrogens is 2. The fourth-order valence-electron chi connectivity index (χ4n) is 3.25. The maximum absolute atomic E-state index is 11.8. The van der Waals surface area contributed by atoms with Crippen molar-refractivity contribution in [3.8, 4) is 11.4 Å². The number of ether oxygens (including phenoxy) is 2. The van der Waals surface area contributed by atoms with E-state index in [1.165, 1.54) is 18.9 Å². The van der Waals surface area contributed by atoms with Crippen molar-refractivity contribution in [2.24, 2.45) is 5.73 Å². The second kappa shape index (κ2) is 9.58. The van der Waals surface area contributed by atoms with Crippen LogP contribution in [0.5, 0.6) is 0 Å². The van der Waals surface area contributed by atoms with Crippen LogP contribution in [0.2, 0.25) is 0 Å². The van der Waals surface area contributed by atoms with Gasteiger partial charge in [-0.15, -0.1) is 23.1 Å². The molecule has 28 heavy (non-hydrogen) atoms. The average Bonchev–Trinajstić information content (AvgIpc) is 3.41. The van der Waals surface area contributed by atoms with Crippen LogP contribution in [0.25, 0.3) is 11.4 Å². The minimum Gasteiger partial charge on any atom is -0.468 e. The number of amides is 1. The van der Waals surface area contributed by atoms with E-state index < -0.39 is 5.91 Å². The maximum Gasteiger partial charge on any atom is 0.315 e.